The monoisotopic (exact) mass is 291 g/mol. The summed E-state index contributed by atoms with van der Waals surface area (Å²) in [6.07, 6.45) is 0. The highest BCUT2D eigenvalue weighted by Gasteiger charge is 2.43. The number of esters is 1. The van der Waals surface area contributed by atoms with Crippen molar-refractivity contribution in [1.82, 2.24) is 4.90 Å². The maximum absolute atomic E-state index is 11.7. The normalized spacial score (nSPS) is 27.1. The molecule has 0 radical (unpaired) electrons. The molecule has 1 aliphatic heterocycles. The zero-order chi connectivity index (χ0) is 12.5. The second kappa shape index (κ2) is 4.95. The number of hydrogen-bond donors (Lipinski definition) is 0. The summed E-state index contributed by atoms with van der Waals surface area (Å²) in [4.78, 5) is 35.0. The average molecular weight is 292 g/mol. The molecule has 0 spiro atoms. The molecule has 1 aliphatic rings. The summed E-state index contributed by atoms with van der Waals surface area (Å²) in [6, 6.07) is 0. The molecule has 3 unspecified atom stereocenters. The molecular formula is C10H14BrNO4. The predicted octanol–water partition coefficient (Wildman–Crippen LogP) is 0.564. The lowest BCUT2D eigenvalue weighted by Crippen LogP contribution is -2.38. The smallest absolute Gasteiger partial charge is 0.321 e. The highest BCUT2D eigenvalue weighted by molar-refractivity contribution is 9.10. The first-order valence-corrected chi connectivity index (χ1v) is 5.88. The molecule has 0 saturated carbocycles. The van der Waals surface area contributed by atoms with Crippen molar-refractivity contribution >= 4 is 33.7 Å². The van der Waals surface area contributed by atoms with Crippen LogP contribution in [0.3, 0.4) is 0 Å². The van der Waals surface area contributed by atoms with E-state index in [1.54, 1.807) is 13.8 Å². The molecule has 0 N–H and O–H groups in total. The van der Waals surface area contributed by atoms with Crippen molar-refractivity contribution in [3.8, 4) is 0 Å². The summed E-state index contributed by atoms with van der Waals surface area (Å²) >= 11 is 3.09. The Labute approximate surface area is 102 Å². The molecular weight excluding hydrogens is 278 g/mol. The number of nitrogens with zero attached hydrogens (tertiary/aromatic N) is 1. The van der Waals surface area contributed by atoms with Crippen molar-refractivity contribution in [2.75, 3.05) is 13.7 Å². The van der Waals surface area contributed by atoms with E-state index in [4.69, 9.17) is 0 Å². The van der Waals surface area contributed by atoms with Gasteiger partial charge < -0.3 is 4.74 Å². The standard InChI is InChI=1S/C10H14BrNO4/c1-5-6(2)9(14)12(8(5)13)4-7(11)10(15)16-3/h5-7H,4H2,1-3H3. The molecule has 2 amide bonds. The molecule has 6 heteroatoms. The summed E-state index contributed by atoms with van der Waals surface area (Å²) in [5.41, 5.74) is 0. The number of hydrogen-bond acceptors (Lipinski definition) is 4. The Morgan fingerprint density at radius 3 is 2.19 bits per heavy atom. The highest BCUT2D eigenvalue weighted by atomic mass is 79.9. The van der Waals surface area contributed by atoms with E-state index in [9.17, 15) is 14.4 Å². The molecule has 1 saturated heterocycles. The van der Waals surface area contributed by atoms with Gasteiger partial charge in [0.15, 0.2) is 0 Å². The fourth-order valence-corrected chi connectivity index (χ4v) is 2.05. The molecule has 0 bridgehead atoms. The van der Waals surface area contributed by atoms with E-state index < -0.39 is 10.8 Å². The van der Waals surface area contributed by atoms with Crippen molar-refractivity contribution < 1.29 is 19.1 Å². The van der Waals surface area contributed by atoms with Gasteiger partial charge in [0.1, 0.15) is 4.83 Å². The first-order valence-electron chi connectivity index (χ1n) is 4.97. The minimum Gasteiger partial charge on any atom is -0.468 e. The Balaban J connectivity index is 2.72. The number of imide groups is 1. The Kier molecular flexibility index (Phi) is 4.07. The van der Waals surface area contributed by atoms with Crippen molar-refractivity contribution in [2.45, 2.75) is 18.7 Å². The summed E-state index contributed by atoms with van der Waals surface area (Å²) in [5, 5.41) is 0. The maximum Gasteiger partial charge on any atom is 0.321 e. The van der Waals surface area contributed by atoms with E-state index in [2.05, 4.69) is 20.7 Å². The number of methoxy groups -OCH3 is 1. The quantitative estimate of drug-likeness (QED) is 0.433. The molecule has 5 nitrogen and oxygen atoms in total. The Morgan fingerprint density at radius 2 is 1.81 bits per heavy atom. The fourth-order valence-electron chi connectivity index (χ4n) is 1.57. The fraction of sp³-hybridized carbons (Fsp3) is 0.700. The number of carbonyl (C=O) groups is 3. The van der Waals surface area contributed by atoms with Crippen LogP contribution in [0.1, 0.15) is 13.8 Å². The lowest BCUT2D eigenvalue weighted by atomic mass is 10.00. The molecule has 1 heterocycles. The second-order valence-electron chi connectivity index (χ2n) is 3.86. The van der Waals surface area contributed by atoms with Crippen molar-refractivity contribution in [2.24, 2.45) is 11.8 Å². The van der Waals surface area contributed by atoms with Crippen molar-refractivity contribution in [3.63, 3.8) is 0 Å². The minimum atomic E-state index is -0.664. The number of alkyl halides is 1. The zero-order valence-electron chi connectivity index (χ0n) is 9.40. The number of halogens is 1. The van der Waals surface area contributed by atoms with Crippen LogP contribution in [0.5, 0.6) is 0 Å². The largest absolute Gasteiger partial charge is 0.468 e. The van der Waals surface area contributed by atoms with E-state index in [1.165, 1.54) is 7.11 Å². The first-order chi connectivity index (χ1) is 7.40. The van der Waals surface area contributed by atoms with E-state index in [-0.39, 0.29) is 30.2 Å². The topological polar surface area (TPSA) is 63.7 Å². The van der Waals surface area contributed by atoms with Crippen LogP contribution in [-0.2, 0) is 19.1 Å². The van der Waals surface area contributed by atoms with Crippen LogP contribution < -0.4 is 0 Å². The summed E-state index contributed by atoms with van der Waals surface area (Å²) in [5.74, 6) is -1.58. The van der Waals surface area contributed by atoms with Crippen LogP contribution in [0.4, 0.5) is 0 Å². The van der Waals surface area contributed by atoms with Crippen LogP contribution in [0.15, 0.2) is 0 Å². The van der Waals surface area contributed by atoms with Crippen molar-refractivity contribution in [1.29, 1.82) is 0 Å². The molecule has 0 aromatic heterocycles. The van der Waals surface area contributed by atoms with Gasteiger partial charge >= 0.3 is 5.97 Å². The minimum absolute atomic E-state index is 0.0268. The van der Waals surface area contributed by atoms with Gasteiger partial charge in [-0.1, -0.05) is 29.8 Å². The molecule has 0 aromatic carbocycles. The van der Waals surface area contributed by atoms with Crippen LogP contribution >= 0.6 is 15.9 Å². The molecule has 0 aromatic rings. The van der Waals surface area contributed by atoms with Crippen molar-refractivity contribution in [3.05, 3.63) is 0 Å². The number of amides is 2. The maximum atomic E-state index is 11.7. The third-order valence-corrected chi connectivity index (χ3v) is 3.52. The lowest BCUT2D eigenvalue weighted by Gasteiger charge is -2.17. The van der Waals surface area contributed by atoms with E-state index >= 15 is 0 Å². The van der Waals surface area contributed by atoms with Gasteiger partial charge in [0.25, 0.3) is 0 Å². The number of carbonyl (C=O) groups excluding carboxylic acids is 3. The van der Waals surface area contributed by atoms with Crippen LogP contribution in [0, 0.1) is 11.8 Å². The van der Waals surface area contributed by atoms with Gasteiger partial charge in [0, 0.05) is 11.8 Å². The van der Waals surface area contributed by atoms with E-state index in [0.29, 0.717) is 0 Å². The van der Waals surface area contributed by atoms with E-state index in [0.717, 1.165) is 4.90 Å². The zero-order valence-corrected chi connectivity index (χ0v) is 11.0. The predicted molar refractivity (Wildman–Crippen MR) is 59.8 cm³/mol. The van der Waals surface area contributed by atoms with Crippen LogP contribution in [0.2, 0.25) is 0 Å². The average Bonchev–Trinajstić information content (AvgIpc) is 2.45. The lowest BCUT2D eigenvalue weighted by molar-refractivity contribution is -0.143. The summed E-state index contributed by atoms with van der Waals surface area (Å²) in [7, 11) is 1.26. The number of ether oxygens (including phenoxy) is 1. The van der Waals surface area contributed by atoms with Gasteiger partial charge in [-0.3, -0.25) is 19.3 Å². The molecule has 0 aliphatic carbocycles. The Hall–Kier alpha value is -0.910. The number of rotatable bonds is 3. The first kappa shape index (κ1) is 13.2. The third-order valence-electron chi connectivity index (χ3n) is 2.86. The van der Waals surface area contributed by atoms with Gasteiger partial charge in [0.2, 0.25) is 11.8 Å². The third kappa shape index (κ3) is 2.26. The Bertz CT molecular complexity index is 311. The van der Waals surface area contributed by atoms with Gasteiger partial charge in [-0.05, 0) is 0 Å². The molecule has 1 rings (SSSR count). The molecule has 16 heavy (non-hydrogen) atoms. The highest BCUT2D eigenvalue weighted by Crippen LogP contribution is 2.26. The van der Waals surface area contributed by atoms with Gasteiger partial charge in [0.05, 0.1) is 13.7 Å². The SMILES string of the molecule is COC(=O)C(Br)CN1C(=O)C(C)C(C)C1=O. The molecule has 90 valence electrons. The van der Waals surface area contributed by atoms with Crippen LogP contribution in [-0.4, -0.2) is 41.2 Å². The summed E-state index contributed by atoms with van der Waals surface area (Å²) in [6.45, 7) is 3.46. The van der Waals surface area contributed by atoms with Gasteiger partial charge in [-0.2, -0.15) is 0 Å². The van der Waals surface area contributed by atoms with Gasteiger partial charge in [-0.15, -0.1) is 0 Å². The second-order valence-corrected chi connectivity index (χ2v) is 4.96. The molecule has 3 atom stereocenters. The van der Waals surface area contributed by atoms with Crippen LogP contribution in [0.25, 0.3) is 0 Å². The van der Waals surface area contributed by atoms with Gasteiger partial charge in [-0.25, -0.2) is 0 Å². The van der Waals surface area contributed by atoms with E-state index in [1.807, 2.05) is 0 Å². The summed E-state index contributed by atoms with van der Waals surface area (Å²) < 4.78 is 4.51. The Morgan fingerprint density at radius 1 is 1.38 bits per heavy atom. The molecule has 1 fully saturated rings. The number of likely N-dealkylation sites (tertiary alicyclic amines) is 1.